The molecule has 2 N–H and O–H groups in total. The van der Waals surface area contributed by atoms with Gasteiger partial charge in [0.1, 0.15) is 10.6 Å². The van der Waals surface area contributed by atoms with E-state index in [1.165, 1.54) is 19.2 Å². The average Bonchev–Trinajstić information content (AvgIpc) is 2.37. The van der Waals surface area contributed by atoms with E-state index in [2.05, 4.69) is 10.0 Å². The molecule has 0 atom stereocenters. The summed E-state index contributed by atoms with van der Waals surface area (Å²) >= 11 is 0. The molecule has 0 aliphatic carbocycles. The number of methoxy groups -OCH3 is 1. The maximum atomic E-state index is 12.2. The van der Waals surface area contributed by atoms with Gasteiger partial charge in [-0.1, -0.05) is 0 Å². The van der Waals surface area contributed by atoms with Crippen molar-refractivity contribution in [3.63, 3.8) is 0 Å². The van der Waals surface area contributed by atoms with Crippen LogP contribution in [0.2, 0.25) is 0 Å². The molecule has 0 amide bonds. The van der Waals surface area contributed by atoms with E-state index in [0.29, 0.717) is 6.54 Å². The molecule has 7 nitrogen and oxygen atoms in total. The van der Waals surface area contributed by atoms with E-state index in [1.54, 1.807) is 7.05 Å². The molecular weight excluding hydrogens is 340 g/mol. The Morgan fingerprint density at radius 1 is 1.14 bits per heavy atom. The Labute approximate surface area is 131 Å². The Morgan fingerprint density at radius 3 is 2.24 bits per heavy atom. The molecule has 1 aromatic rings. The molecular formula is C11H19ClN2O5S2. The van der Waals surface area contributed by atoms with E-state index in [4.69, 9.17) is 4.74 Å². The maximum Gasteiger partial charge on any atom is 0.244 e. The highest BCUT2D eigenvalue weighted by Gasteiger charge is 2.21. The molecule has 0 aliphatic rings. The molecule has 10 heteroatoms. The number of rotatable bonds is 7. The van der Waals surface area contributed by atoms with Crippen molar-refractivity contribution in [1.29, 1.82) is 0 Å². The highest BCUT2D eigenvalue weighted by Crippen LogP contribution is 2.26. The van der Waals surface area contributed by atoms with Gasteiger partial charge in [-0.15, -0.1) is 12.4 Å². The normalized spacial score (nSPS) is 11.8. The van der Waals surface area contributed by atoms with Crippen LogP contribution in [0.5, 0.6) is 5.75 Å². The molecule has 1 rings (SSSR count). The van der Waals surface area contributed by atoms with Crippen molar-refractivity contribution in [2.24, 2.45) is 0 Å². The standard InChI is InChI=1S/C11H18N2O5S2.ClH/c1-12-6-7-13-20(16,17)11-8-9(19(3,14)15)4-5-10(11)18-2;/h4-5,8,12-13H,6-7H2,1-3H3;1H. The lowest BCUT2D eigenvalue weighted by Gasteiger charge is -2.11. The topological polar surface area (TPSA) is 102 Å². The van der Waals surface area contributed by atoms with E-state index < -0.39 is 19.9 Å². The summed E-state index contributed by atoms with van der Waals surface area (Å²) in [6, 6.07) is 3.72. The van der Waals surface area contributed by atoms with Gasteiger partial charge < -0.3 is 10.1 Å². The summed E-state index contributed by atoms with van der Waals surface area (Å²) in [5.74, 6) is 0.0920. The molecule has 0 spiro atoms. The first-order valence-electron chi connectivity index (χ1n) is 5.74. The van der Waals surface area contributed by atoms with Crippen LogP contribution < -0.4 is 14.8 Å². The minimum absolute atomic E-state index is 0. The second kappa shape index (κ2) is 7.95. The minimum atomic E-state index is -3.84. The lowest BCUT2D eigenvalue weighted by atomic mass is 10.3. The number of hydrogen-bond donors (Lipinski definition) is 2. The average molecular weight is 359 g/mol. The van der Waals surface area contributed by atoms with Gasteiger partial charge in [-0.05, 0) is 25.2 Å². The lowest BCUT2D eigenvalue weighted by molar-refractivity contribution is 0.401. The summed E-state index contributed by atoms with van der Waals surface area (Å²) in [5, 5.41) is 2.80. The van der Waals surface area contributed by atoms with Crippen LogP contribution in [-0.4, -0.2) is 50.3 Å². The van der Waals surface area contributed by atoms with E-state index >= 15 is 0 Å². The molecule has 0 heterocycles. The van der Waals surface area contributed by atoms with Gasteiger partial charge in [-0.25, -0.2) is 21.6 Å². The molecule has 1 aromatic carbocycles. The quantitative estimate of drug-likeness (QED) is 0.666. The predicted octanol–water partition coefficient (Wildman–Crippen LogP) is 0.0182. The Bertz CT molecular complexity index is 674. The molecule has 0 saturated carbocycles. The summed E-state index contributed by atoms with van der Waals surface area (Å²) < 4.78 is 54.7. The fourth-order valence-corrected chi connectivity index (χ4v) is 3.43. The van der Waals surface area contributed by atoms with Crippen LogP contribution in [-0.2, 0) is 19.9 Å². The third kappa shape index (κ3) is 5.44. The van der Waals surface area contributed by atoms with Gasteiger partial charge in [0.25, 0.3) is 0 Å². The second-order valence-corrected chi connectivity index (χ2v) is 7.84. The van der Waals surface area contributed by atoms with Crippen LogP contribution in [0.3, 0.4) is 0 Å². The van der Waals surface area contributed by atoms with Gasteiger partial charge in [-0.3, -0.25) is 0 Å². The van der Waals surface area contributed by atoms with Crippen molar-refractivity contribution in [3.8, 4) is 5.75 Å². The molecule has 0 aromatic heterocycles. The molecule has 0 saturated heterocycles. The molecule has 21 heavy (non-hydrogen) atoms. The van der Waals surface area contributed by atoms with Crippen molar-refractivity contribution in [1.82, 2.24) is 10.0 Å². The van der Waals surface area contributed by atoms with Crippen molar-refractivity contribution in [3.05, 3.63) is 18.2 Å². The Hall–Kier alpha value is -0.870. The zero-order valence-electron chi connectivity index (χ0n) is 11.9. The third-order valence-electron chi connectivity index (χ3n) is 2.52. The van der Waals surface area contributed by atoms with E-state index in [1.807, 2.05) is 0 Å². The van der Waals surface area contributed by atoms with Gasteiger partial charge in [0.05, 0.1) is 12.0 Å². The first-order valence-corrected chi connectivity index (χ1v) is 9.12. The second-order valence-electron chi connectivity index (χ2n) is 4.09. The SMILES string of the molecule is CNCCNS(=O)(=O)c1cc(S(C)(=O)=O)ccc1OC.Cl. The van der Waals surface area contributed by atoms with Crippen molar-refractivity contribution in [2.45, 2.75) is 9.79 Å². The summed E-state index contributed by atoms with van der Waals surface area (Å²) in [7, 11) is -4.32. The third-order valence-corrected chi connectivity index (χ3v) is 5.11. The largest absolute Gasteiger partial charge is 0.495 e. The van der Waals surface area contributed by atoms with Crippen molar-refractivity contribution in [2.75, 3.05) is 33.5 Å². The van der Waals surface area contributed by atoms with Crippen molar-refractivity contribution >= 4 is 32.3 Å². The summed E-state index contributed by atoms with van der Waals surface area (Å²) in [5.41, 5.74) is 0. The van der Waals surface area contributed by atoms with Gasteiger partial charge in [0, 0.05) is 19.3 Å². The van der Waals surface area contributed by atoms with Crippen LogP contribution >= 0.6 is 12.4 Å². The number of hydrogen-bond acceptors (Lipinski definition) is 6. The highest BCUT2D eigenvalue weighted by atomic mass is 35.5. The van der Waals surface area contributed by atoms with E-state index in [-0.39, 0.29) is 34.5 Å². The van der Waals surface area contributed by atoms with Crippen LogP contribution in [0.4, 0.5) is 0 Å². The summed E-state index contributed by atoms with van der Waals surface area (Å²) in [6.45, 7) is 0.637. The van der Waals surface area contributed by atoms with Crippen LogP contribution in [0.1, 0.15) is 0 Å². The lowest BCUT2D eigenvalue weighted by Crippen LogP contribution is -2.30. The van der Waals surface area contributed by atoms with E-state index in [0.717, 1.165) is 12.3 Å². The smallest absolute Gasteiger partial charge is 0.244 e. The first kappa shape index (κ1) is 20.1. The predicted molar refractivity (Wildman–Crippen MR) is 82.5 cm³/mol. The zero-order valence-corrected chi connectivity index (χ0v) is 14.4. The van der Waals surface area contributed by atoms with Crippen LogP contribution in [0.15, 0.2) is 28.0 Å². The highest BCUT2D eigenvalue weighted by molar-refractivity contribution is 7.91. The fourth-order valence-electron chi connectivity index (χ4n) is 1.49. The van der Waals surface area contributed by atoms with Crippen LogP contribution in [0, 0.1) is 0 Å². The Balaban J connectivity index is 0.00000400. The number of nitrogens with one attached hydrogen (secondary N) is 2. The van der Waals surface area contributed by atoms with Gasteiger partial charge in [0.15, 0.2) is 9.84 Å². The molecule has 0 bridgehead atoms. The number of sulfonamides is 1. The van der Waals surface area contributed by atoms with Gasteiger partial charge in [0.2, 0.25) is 10.0 Å². The summed E-state index contributed by atoms with van der Waals surface area (Å²) in [6.07, 6.45) is 1.01. The molecule has 122 valence electrons. The zero-order chi connectivity index (χ0) is 15.4. The van der Waals surface area contributed by atoms with Crippen LogP contribution in [0.25, 0.3) is 0 Å². The Morgan fingerprint density at radius 2 is 1.76 bits per heavy atom. The molecule has 0 fully saturated rings. The van der Waals surface area contributed by atoms with Crippen molar-refractivity contribution < 1.29 is 21.6 Å². The number of halogens is 1. The molecule has 0 aliphatic heterocycles. The number of likely N-dealkylation sites (N-methyl/N-ethyl adjacent to an activating group) is 1. The number of sulfone groups is 1. The molecule has 0 unspecified atom stereocenters. The monoisotopic (exact) mass is 358 g/mol. The number of ether oxygens (including phenoxy) is 1. The number of benzene rings is 1. The first-order chi connectivity index (χ1) is 9.22. The maximum absolute atomic E-state index is 12.2. The fraction of sp³-hybridized carbons (Fsp3) is 0.455. The van der Waals surface area contributed by atoms with Gasteiger partial charge in [-0.2, -0.15) is 0 Å². The summed E-state index contributed by atoms with van der Waals surface area (Å²) in [4.78, 5) is -0.272. The minimum Gasteiger partial charge on any atom is -0.495 e. The molecule has 0 radical (unpaired) electrons. The van der Waals surface area contributed by atoms with Gasteiger partial charge >= 0.3 is 0 Å². The van der Waals surface area contributed by atoms with E-state index in [9.17, 15) is 16.8 Å². The Kier molecular flexibility index (Phi) is 7.62.